The molecule has 0 spiro atoms. The number of unbranched alkanes of at least 4 members (excludes halogenated alkanes) is 1. The van der Waals surface area contributed by atoms with Gasteiger partial charge in [0, 0.05) is 11.6 Å². The Hall–Kier alpha value is -2.04. The Kier molecular flexibility index (Phi) is 7.59. The van der Waals surface area contributed by atoms with E-state index >= 15 is 0 Å². The summed E-state index contributed by atoms with van der Waals surface area (Å²) >= 11 is 0. The van der Waals surface area contributed by atoms with Gasteiger partial charge in [-0.15, -0.1) is 0 Å². The standard InChI is InChI=1S/C19H27NO4/c1-2-3-13-23-18(21)14-24-17-11-9-15(10-12-17)19(22)20-16-7-5-4-6-8-16/h9-12,16H,2-8,13-14H2,1H3,(H,20,22). The minimum absolute atomic E-state index is 0.0487. The molecule has 24 heavy (non-hydrogen) atoms. The van der Waals surface area contributed by atoms with Gasteiger partial charge in [0.2, 0.25) is 0 Å². The molecule has 0 radical (unpaired) electrons. The largest absolute Gasteiger partial charge is 0.482 e. The summed E-state index contributed by atoms with van der Waals surface area (Å²) in [5, 5.41) is 3.08. The van der Waals surface area contributed by atoms with Crippen molar-refractivity contribution in [3.8, 4) is 5.75 Å². The molecule has 1 saturated carbocycles. The van der Waals surface area contributed by atoms with Crippen LogP contribution in [0.3, 0.4) is 0 Å². The molecule has 0 aromatic heterocycles. The maximum atomic E-state index is 12.2. The first-order valence-corrected chi connectivity index (χ1v) is 8.88. The van der Waals surface area contributed by atoms with E-state index in [0.29, 0.717) is 24.0 Å². The molecule has 0 atom stereocenters. The Balaban J connectivity index is 1.75. The van der Waals surface area contributed by atoms with Crippen molar-refractivity contribution in [1.29, 1.82) is 0 Å². The first-order valence-electron chi connectivity index (χ1n) is 8.88. The van der Waals surface area contributed by atoms with Crippen LogP contribution in [0.25, 0.3) is 0 Å². The minimum atomic E-state index is -0.373. The lowest BCUT2D eigenvalue weighted by Crippen LogP contribution is -2.36. The summed E-state index contributed by atoms with van der Waals surface area (Å²) in [7, 11) is 0. The van der Waals surface area contributed by atoms with E-state index in [1.54, 1.807) is 24.3 Å². The van der Waals surface area contributed by atoms with Crippen LogP contribution in [-0.2, 0) is 9.53 Å². The molecule has 2 rings (SSSR count). The van der Waals surface area contributed by atoms with Gasteiger partial charge in [0.05, 0.1) is 6.61 Å². The predicted octanol–water partition coefficient (Wildman–Crippen LogP) is 3.47. The second kappa shape index (κ2) is 9.96. The molecule has 1 aromatic carbocycles. The molecule has 1 aliphatic carbocycles. The first-order chi connectivity index (χ1) is 11.7. The zero-order valence-corrected chi connectivity index (χ0v) is 14.4. The number of ether oxygens (including phenoxy) is 2. The van der Waals surface area contributed by atoms with E-state index in [1.165, 1.54) is 19.3 Å². The molecule has 0 bridgehead atoms. The third-order valence-electron chi connectivity index (χ3n) is 4.17. The van der Waals surface area contributed by atoms with Gasteiger partial charge in [-0.3, -0.25) is 4.79 Å². The van der Waals surface area contributed by atoms with Crippen LogP contribution in [0.2, 0.25) is 0 Å². The maximum Gasteiger partial charge on any atom is 0.344 e. The van der Waals surface area contributed by atoms with Gasteiger partial charge in [-0.1, -0.05) is 32.6 Å². The fourth-order valence-corrected chi connectivity index (χ4v) is 2.73. The lowest BCUT2D eigenvalue weighted by Gasteiger charge is -2.22. The Morgan fingerprint density at radius 2 is 1.83 bits per heavy atom. The van der Waals surface area contributed by atoms with Gasteiger partial charge in [0.1, 0.15) is 5.75 Å². The van der Waals surface area contributed by atoms with Crippen LogP contribution < -0.4 is 10.1 Å². The molecule has 5 nitrogen and oxygen atoms in total. The first kappa shape index (κ1) is 18.3. The number of carbonyl (C=O) groups is 2. The fourth-order valence-electron chi connectivity index (χ4n) is 2.73. The zero-order valence-electron chi connectivity index (χ0n) is 14.4. The van der Waals surface area contributed by atoms with Crippen LogP contribution in [0.15, 0.2) is 24.3 Å². The highest BCUT2D eigenvalue weighted by molar-refractivity contribution is 5.94. The summed E-state index contributed by atoms with van der Waals surface area (Å²) in [5.41, 5.74) is 0.610. The van der Waals surface area contributed by atoms with Crippen LogP contribution in [0.4, 0.5) is 0 Å². The summed E-state index contributed by atoms with van der Waals surface area (Å²) in [5.74, 6) is 0.131. The van der Waals surface area contributed by atoms with Crippen molar-refractivity contribution in [2.75, 3.05) is 13.2 Å². The molecule has 0 saturated heterocycles. The van der Waals surface area contributed by atoms with Gasteiger partial charge < -0.3 is 14.8 Å². The van der Waals surface area contributed by atoms with Crippen molar-refractivity contribution in [3.05, 3.63) is 29.8 Å². The molecular formula is C19H27NO4. The van der Waals surface area contributed by atoms with Crippen molar-refractivity contribution in [3.63, 3.8) is 0 Å². The van der Waals surface area contributed by atoms with Crippen molar-refractivity contribution in [2.45, 2.75) is 57.9 Å². The Morgan fingerprint density at radius 3 is 2.50 bits per heavy atom. The average Bonchev–Trinajstić information content (AvgIpc) is 2.61. The highest BCUT2D eigenvalue weighted by Crippen LogP contribution is 2.18. The van der Waals surface area contributed by atoms with Crippen molar-refractivity contribution >= 4 is 11.9 Å². The topological polar surface area (TPSA) is 64.6 Å². The summed E-state index contributed by atoms with van der Waals surface area (Å²) in [6, 6.07) is 7.14. The molecule has 1 aromatic rings. The molecule has 1 aliphatic rings. The molecule has 0 aliphatic heterocycles. The third-order valence-corrected chi connectivity index (χ3v) is 4.17. The fraction of sp³-hybridized carbons (Fsp3) is 0.579. The molecular weight excluding hydrogens is 306 g/mol. The summed E-state index contributed by atoms with van der Waals surface area (Å²) < 4.78 is 10.4. The van der Waals surface area contributed by atoms with E-state index in [2.05, 4.69) is 5.32 Å². The van der Waals surface area contributed by atoms with Gasteiger partial charge in [0.15, 0.2) is 6.61 Å². The second-order valence-electron chi connectivity index (χ2n) is 6.20. The number of esters is 1. The number of carbonyl (C=O) groups excluding carboxylic acids is 2. The predicted molar refractivity (Wildman–Crippen MR) is 92.1 cm³/mol. The van der Waals surface area contributed by atoms with Crippen molar-refractivity contribution in [1.82, 2.24) is 5.32 Å². The number of hydrogen-bond donors (Lipinski definition) is 1. The van der Waals surface area contributed by atoms with Crippen LogP contribution in [0, 0.1) is 0 Å². The number of rotatable bonds is 8. The highest BCUT2D eigenvalue weighted by atomic mass is 16.6. The lowest BCUT2D eigenvalue weighted by molar-refractivity contribution is -0.146. The van der Waals surface area contributed by atoms with Crippen LogP contribution in [0.1, 0.15) is 62.2 Å². The van der Waals surface area contributed by atoms with E-state index in [1.807, 2.05) is 6.92 Å². The Bertz CT molecular complexity index is 521. The molecule has 5 heteroatoms. The SMILES string of the molecule is CCCCOC(=O)COc1ccc(C(=O)NC2CCCCC2)cc1. The van der Waals surface area contributed by atoms with E-state index < -0.39 is 0 Å². The number of amides is 1. The van der Waals surface area contributed by atoms with Gasteiger partial charge in [-0.05, 0) is 43.5 Å². The van der Waals surface area contributed by atoms with E-state index in [9.17, 15) is 9.59 Å². The van der Waals surface area contributed by atoms with Crippen LogP contribution in [0.5, 0.6) is 5.75 Å². The number of benzene rings is 1. The summed E-state index contributed by atoms with van der Waals surface area (Å²) in [6.07, 6.45) is 7.60. The van der Waals surface area contributed by atoms with E-state index in [4.69, 9.17) is 9.47 Å². The van der Waals surface area contributed by atoms with Crippen LogP contribution in [-0.4, -0.2) is 31.1 Å². The Labute approximate surface area is 143 Å². The minimum Gasteiger partial charge on any atom is -0.482 e. The van der Waals surface area contributed by atoms with E-state index in [-0.39, 0.29) is 18.5 Å². The monoisotopic (exact) mass is 333 g/mol. The Morgan fingerprint density at radius 1 is 1.12 bits per heavy atom. The number of nitrogens with one attached hydrogen (secondary N) is 1. The lowest BCUT2D eigenvalue weighted by atomic mass is 9.95. The van der Waals surface area contributed by atoms with Gasteiger partial charge >= 0.3 is 5.97 Å². The molecule has 1 fully saturated rings. The van der Waals surface area contributed by atoms with Crippen molar-refractivity contribution in [2.24, 2.45) is 0 Å². The zero-order chi connectivity index (χ0) is 17.2. The van der Waals surface area contributed by atoms with Gasteiger partial charge in [-0.25, -0.2) is 4.79 Å². The normalized spacial score (nSPS) is 14.9. The molecule has 1 N–H and O–H groups in total. The molecule has 1 amide bonds. The molecule has 132 valence electrons. The average molecular weight is 333 g/mol. The van der Waals surface area contributed by atoms with E-state index in [0.717, 1.165) is 25.7 Å². The molecule has 0 heterocycles. The quantitative estimate of drug-likeness (QED) is 0.584. The van der Waals surface area contributed by atoms with Gasteiger partial charge in [0.25, 0.3) is 5.91 Å². The van der Waals surface area contributed by atoms with Crippen LogP contribution >= 0.6 is 0 Å². The highest BCUT2D eigenvalue weighted by Gasteiger charge is 2.16. The third kappa shape index (κ3) is 6.22. The number of hydrogen-bond acceptors (Lipinski definition) is 4. The summed E-state index contributed by atoms with van der Waals surface area (Å²) in [6.45, 7) is 2.35. The smallest absolute Gasteiger partial charge is 0.344 e. The van der Waals surface area contributed by atoms with Gasteiger partial charge in [-0.2, -0.15) is 0 Å². The summed E-state index contributed by atoms with van der Waals surface area (Å²) in [4.78, 5) is 23.7. The molecule has 0 unspecified atom stereocenters. The second-order valence-corrected chi connectivity index (χ2v) is 6.20. The van der Waals surface area contributed by atoms with Crippen molar-refractivity contribution < 1.29 is 19.1 Å². The maximum absolute atomic E-state index is 12.2.